The highest BCUT2D eigenvalue weighted by Gasteiger charge is 2.23. The number of benzene rings is 1. The third-order valence-corrected chi connectivity index (χ3v) is 3.72. The number of aliphatic hydroxyl groups is 1. The Bertz CT molecular complexity index is 600. The topological polar surface area (TPSA) is 86.8 Å². The zero-order valence-corrected chi connectivity index (χ0v) is 12.2. The Morgan fingerprint density at radius 3 is 2.35 bits per heavy atom. The number of thiazole rings is 1. The SMILES string of the molecule is COc1ccc(C(O)c2cnc(N)s2)c(OC)c1OC. The standard InChI is InChI=1S/C13H16N2O4S/c1-17-8-5-4-7(11(18-2)12(8)19-3)10(16)9-6-15-13(14)20-9/h4-6,10,16H,1-3H3,(H2,14,15). The van der Waals surface area contributed by atoms with Crippen molar-refractivity contribution >= 4 is 16.5 Å². The number of nitrogens with zero attached hydrogens (tertiary/aromatic N) is 1. The molecule has 2 rings (SSSR count). The van der Waals surface area contributed by atoms with E-state index in [9.17, 15) is 5.11 Å². The van der Waals surface area contributed by atoms with Crippen molar-refractivity contribution in [1.29, 1.82) is 0 Å². The molecule has 1 unspecified atom stereocenters. The molecule has 20 heavy (non-hydrogen) atoms. The third kappa shape index (κ3) is 2.50. The molecule has 3 N–H and O–H groups in total. The largest absolute Gasteiger partial charge is 0.493 e. The number of aromatic nitrogens is 1. The van der Waals surface area contributed by atoms with Gasteiger partial charge in [-0.25, -0.2) is 4.98 Å². The van der Waals surface area contributed by atoms with Gasteiger partial charge >= 0.3 is 0 Å². The second-order valence-corrected chi connectivity index (χ2v) is 5.02. The van der Waals surface area contributed by atoms with Crippen LogP contribution in [0.15, 0.2) is 18.3 Å². The maximum atomic E-state index is 10.4. The van der Waals surface area contributed by atoms with Gasteiger partial charge in [0.25, 0.3) is 0 Å². The maximum absolute atomic E-state index is 10.4. The van der Waals surface area contributed by atoms with Gasteiger partial charge in [-0.1, -0.05) is 11.3 Å². The van der Waals surface area contributed by atoms with E-state index in [1.165, 1.54) is 32.7 Å². The van der Waals surface area contributed by atoms with E-state index in [1.807, 2.05) is 0 Å². The van der Waals surface area contributed by atoms with Gasteiger partial charge in [0, 0.05) is 11.8 Å². The Kier molecular flexibility index (Phi) is 4.31. The summed E-state index contributed by atoms with van der Waals surface area (Å²) in [6.07, 6.45) is 0.653. The highest BCUT2D eigenvalue weighted by atomic mass is 32.1. The summed E-state index contributed by atoms with van der Waals surface area (Å²) >= 11 is 1.22. The van der Waals surface area contributed by atoms with Gasteiger partial charge in [-0.05, 0) is 12.1 Å². The summed E-state index contributed by atoms with van der Waals surface area (Å²) < 4.78 is 15.8. The zero-order chi connectivity index (χ0) is 14.7. The van der Waals surface area contributed by atoms with Crippen molar-refractivity contribution in [3.63, 3.8) is 0 Å². The average molecular weight is 296 g/mol. The van der Waals surface area contributed by atoms with E-state index in [1.54, 1.807) is 18.3 Å². The normalized spacial score (nSPS) is 12.0. The maximum Gasteiger partial charge on any atom is 0.203 e. The van der Waals surface area contributed by atoms with Gasteiger partial charge in [0.1, 0.15) is 6.10 Å². The van der Waals surface area contributed by atoms with Crippen LogP contribution in [0.25, 0.3) is 0 Å². The lowest BCUT2D eigenvalue weighted by Gasteiger charge is -2.18. The first-order chi connectivity index (χ1) is 9.62. The first-order valence-corrected chi connectivity index (χ1v) is 6.62. The predicted octanol–water partition coefficient (Wildman–Crippen LogP) is 1.83. The lowest BCUT2D eigenvalue weighted by molar-refractivity contribution is 0.215. The van der Waals surface area contributed by atoms with Gasteiger partial charge < -0.3 is 25.1 Å². The van der Waals surface area contributed by atoms with Crippen molar-refractivity contribution in [2.75, 3.05) is 27.1 Å². The fraction of sp³-hybridized carbons (Fsp3) is 0.308. The van der Waals surface area contributed by atoms with Gasteiger partial charge in [0.2, 0.25) is 5.75 Å². The number of nitrogen functional groups attached to an aromatic ring is 1. The highest BCUT2D eigenvalue weighted by molar-refractivity contribution is 7.15. The summed E-state index contributed by atoms with van der Waals surface area (Å²) in [6, 6.07) is 3.44. The first-order valence-electron chi connectivity index (χ1n) is 5.80. The molecule has 0 fully saturated rings. The molecular weight excluding hydrogens is 280 g/mol. The molecule has 0 saturated heterocycles. The minimum atomic E-state index is -0.889. The number of hydrogen-bond donors (Lipinski definition) is 2. The molecule has 0 radical (unpaired) electrons. The molecule has 1 heterocycles. The highest BCUT2D eigenvalue weighted by Crippen LogP contribution is 2.44. The Morgan fingerprint density at radius 1 is 1.15 bits per heavy atom. The van der Waals surface area contributed by atoms with E-state index in [0.717, 1.165) is 0 Å². The number of methoxy groups -OCH3 is 3. The molecule has 0 saturated carbocycles. The van der Waals surface area contributed by atoms with Crippen molar-refractivity contribution in [1.82, 2.24) is 4.98 Å². The van der Waals surface area contributed by atoms with Crippen molar-refractivity contribution in [3.8, 4) is 17.2 Å². The molecule has 6 nitrogen and oxygen atoms in total. The van der Waals surface area contributed by atoms with Crippen LogP contribution in [0.3, 0.4) is 0 Å². The predicted molar refractivity (Wildman–Crippen MR) is 76.7 cm³/mol. The Morgan fingerprint density at radius 2 is 1.85 bits per heavy atom. The van der Waals surface area contributed by atoms with Gasteiger partial charge in [0.05, 0.1) is 26.2 Å². The van der Waals surface area contributed by atoms with Gasteiger partial charge in [-0.2, -0.15) is 0 Å². The van der Waals surface area contributed by atoms with Crippen LogP contribution in [-0.4, -0.2) is 31.4 Å². The summed E-state index contributed by atoms with van der Waals surface area (Å²) in [5.41, 5.74) is 6.15. The molecule has 1 aromatic carbocycles. The fourth-order valence-electron chi connectivity index (χ4n) is 1.92. The summed E-state index contributed by atoms with van der Waals surface area (Å²) in [5, 5.41) is 10.8. The van der Waals surface area contributed by atoms with Gasteiger partial charge in [-0.15, -0.1) is 0 Å². The second kappa shape index (κ2) is 5.98. The number of nitrogens with two attached hydrogens (primary N) is 1. The van der Waals surface area contributed by atoms with Crippen LogP contribution in [0, 0.1) is 0 Å². The van der Waals surface area contributed by atoms with E-state index in [-0.39, 0.29) is 0 Å². The Labute approximate surface area is 120 Å². The molecule has 0 bridgehead atoms. The molecular formula is C13H16N2O4S. The minimum Gasteiger partial charge on any atom is -0.493 e. The molecule has 0 amide bonds. The lowest BCUT2D eigenvalue weighted by atomic mass is 10.1. The number of aliphatic hydroxyl groups excluding tert-OH is 1. The molecule has 108 valence electrons. The summed E-state index contributed by atoms with van der Waals surface area (Å²) in [7, 11) is 4.56. The van der Waals surface area contributed by atoms with E-state index in [2.05, 4.69) is 4.98 Å². The first kappa shape index (κ1) is 14.4. The molecule has 0 aliphatic rings. The van der Waals surface area contributed by atoms with Crippen LogP contribution in [0.2, 0.25) is 0 Å². The molecule has 0 aliphatic carbocycles. The molecule has 1 atom stereocenters. The molecule has 7 heteroatoms. The summed E-state index contributed by atoms with van der Waals surface area (Å²) in [6.45, 7) is 0. The Hall–Kier alpha value is -1.99. The van der Waals surface area contributed by atoms with Crippen LogP contribution in [0.1, 0.15) is 16.5 Å². The van der Waals surface area contributed by atoms with Crippen LogP contribution in [0.4, 0.5) is 5.13 Å². The van der Waals surface area contributed by atoms with Crippen LogP contribution in [0.5, 0.6) is 17.2 Å². The minimum absolute atomic E-state index is 0.401. The molecule has 2 aromatic rings. The van der Waals surface area contributed by atoms with Gasteiger partial charge in [0.15, 0.2) is 16.6 Å². The molecule has 0 aliphatic heterocycles. The monoisotopic (exact) mass is 296 g/mol. The number of anilines is 1. The fourth-order valence-corrected chi connectivity index (χ4v) is 2.61. The van der Waals surface area contributed by atoms with E-state index in [4.69, 9.17) is 19.9 Å². The van der Waals surface area contributed by atoms with Crippen LogP contribution < -0.4 is 19.9 Å². The van der Waals surface area contributed by atoms with Crippen molar-refractivity contribution in [2.45, 2.75) is 6.10 Å². The average Bonchev–Trinajstić information content (AvgIpc) is 2.91. The summed E-state index contributed by atoms with van der Waals surface area (Å²) in [5.74, 6) is 1.39. The van der Waals surface area contributed by atoms with Crippen molar-refractivity contribution in [3.05, 3.63) is 28.8 Å². The van der Waals surface area contributed by atoms with E-state index >= 15 is 0 Å². The van der Waals surface area contributed by atoms with Crippen LogP contribution >= 0.6 is 11.3 Å². The van der Waals surface area contributed by atoms with Crippen molar-refractivity contribution < 1.29 is 19.3 Å². The molecule has 0 spiro atoms. The van der Waals surface area contributed by atoms with Crippen LogP contribution in [-0.2, 0) is 0 Å². The van der Waals surface area contributed by atoms with Gasteiger partial charge in [-0.3, -0.25) is 0 Å². The second-order valence-electron chi connectivity index (χ2n) is 3.93. The van der Waals surface area contributed by atoms with E-state index in [0.29, 0.717) is 32.8 Å². The number of rotatable bonds is 5. The molecule has 1 aromatic heterocycles. The number of ether oxygens (including phenoxy) is 3. The van der Waals surface area contributed by atoms with Crippen molar-refractivity contribution in [2.24, 2.45) is 0 Å². The third-order valence-electron chi connectivity index (χ3n) is 2.84. The quantitative estimate of drug-likeness (QED) is 0.875. The Balaban J connectivity index is 2.51. The number of hydrogen-bond acceptors (Lipinski definition) is 7. The smallest absolute Gasteiger partial charge is 0.203 e. The van der Waals surface area contributed by atoms with E-state index < -0.39 is 6.10 Å². The summed E-state index contributed by atoms with van der Waals surface area (Å²) in [4.78, 5) is 4.57. The zero-order valence-electron chi connectivity index (χ0n) is 11.4. The lowest BCUT2D eigenvalue weighted by Crippen LogP contribution is -2.03.